The molecular weight excluding hydrogens is 704 g/mol. The van der Waals surface area contributed by atoms with Crippen LogP contribution in [0, 0.1) is 18.5 Å². The van der Waals surface area contributed by atoms with E-state index in [9.17, 15) is 19.6 Å². The lowest BCUT2D eigenvalue weighted by molar-refractivity contribution is -0.135. The molecule has 2 fully saturated rings. The van der Waals surface area contributed by atoms with E-state index in [1.807, 2.05) is 30.3 Å². The lowest BCUT2D eigenvalue weighted by atomic mass is 10.1. The molecule has 2 aromatic rings. The predicted octanol–water partition coefficient (Wildman–Crippen LogP) is 5.79. The number of benzene rings is 2. The van der Waals surface area contributed by atoms with Gasteiger partial charge < -0.3 is 9.64 Å². The molecule has 0 aromatic heterocycles. The molecule has 2 aromatic carbocycles. The van der Waals surface area contributed by atoms with Crippen molar-refractivity contribution in [2.45, 2.75) is 32.3 Å². The van der Waals surface area contributed by atoms with Crippen molar-refractivity contribution >= 4 is 80.1 Å². The van der Waals surface area contributed by atoms with Gasteiger partial charge in [0.1, 0.15) is 18.9 Å². The average Bonchev–Trinajstić information content (AvgIpc) is 3.04. The molecule has 0 radical (unpaired) electrons. The van der Waals surface area contributed by atoms with Gasteiger partial charge in [0, 0.05) is 18.7 Å². The van der Waals surface area contributed by atoms with Crippen LogP contribution in [-0.2, 0) is 16.2 Å². The summed E-state index contributed by atoms with van der Waals surface area (Å²) in [6.07, 6.45) is 5.79. The highest BCUT2D eigenvalue weighted by molar-refractivity contribution is 14.1. The minimum Gasteiger partial charge on any atom is -0.487 e. The summed E-state index contributed by atoms with van der Waals surface area (Å²) in [7, 11) is 0. The summed E-state index contributed by atoms with van der Waals surface area (Å²) in [6.45, 7) is 1.41. The smallest absolute Gasteiger partial charge is 0.294 e. The van der Waals surface area contributed by atoms with Gasteiger partial charge in [0.2, 0.25) is 5.91 Å². The molecule has 186 valence electrons. The standard InChI is InChI=1S/C26H23I2N3O4S/c27-20-11-17(12-21(28)24(20)35-16-19-8-4-3-7-18(19)14-29)13-22-25(33)31(26(34)36-22)15-23(32)30-9-5-1-2-6-10-30/h3-4,7-8,11-13H,1-2,5-6,9-10,15-16H2. The van der Waals surface area contributed by atoms with Crippen LogP contribution in [0.4, 0.5) is 4.79 Å². The summed E-state index contributed by atoms with van der Waals surface area (Å²) in [5.41, 5.74) is 2.14. The molecule has 36 heavy (non-hydrogen) atoms. The number of likely N-dealkylation sites (tertiary alicyclic amines) is 1. The molecule has 0 saturated carbocycles. The van der Waals surface area contributed by atoms with Crippen LogP contribution in [0.2, 0.25) is 0 Å². The van der Waals surface area contributed by atoms with Gasteiger partial charge in [0.25, 0.3) is 11.1 Å². The fourth-order valence-corrected chi connectivity index (χ4v) is 7.01. The second-order valence-electron chi connectivity index (χ2n) is 8.43. The van der Waals surface area contributed by atoms with Crippen LogP contribution >= 0.6 is 56.9 Å². The first kappa shape index (κ1) is 26.9. The fraction of sp³-hybridized carbons (Fsp3) is 0.308. The number of carbonyl (C=O) groups excluding carboxylic acids is 3. The average molecular weight is 727 g/mol. The highest BCUT2D eigenvalue weighted by Crippen LogP contribution is 2.35. The van der Waals surface area contributed by atoms with Gasteiger partial charge in [-0.15, -0.1) is 0 Å². The molecular formula is C26H23I2N3O4S. The number of nitriles is 1. The Kier molecular flexibility index (Phi) is 9.30. The van der Waals surface area contributed by atoms with Crippen LogP contribution in [0.1, 0.15) is 42.4 Å². The first-order valence-electron chi connectivity index (χ1n) is 11.5. The van der Waals surface area contributed by atoms with Crippen molar-refractivity contribution in [3.8, 4) is 11.8 Å². The first-order chi connectivity index (χ1) is 17.4. The molecule has 2 aliphatic rings. The normalized spacial score (nSPS) is 17.3. The SMILES string of the molecule is N#Cc1ccccc1COc1c(I)cc(C=C2SC(=O)N(CC(=O)N3CCCCCC3)C2=O)cc1I. The van der Waals surface area contributed by atoms with Crippen LogP contribution in [0.3, 0.4) is 0 Å². The zero-order valence-corrected chi connectivity index (χ0v) is 24.5. The van der Waals surface area contributed by atoms with E-state index < -0.39 is 11.1 Å². The number of imide groups is 1. The summed E-state index contributed by atoms with van der Waals surface area (Å²) in [5, 5.41) is 8.87. The van der Waals surface area contributed by atoms with Crippen molar-refractivity contribution in [2.24, 2.45) is 0 Å². The largest absolute Gasteiger partial charge is 0.487 e. The Bertz CT molecular complexity index is 1240. The number of thioether (sulfide) groups is 1. The number of rotatable bonds is 6. The maximum absolute atomic E-state index is 13.0. The van der Waals surface area contributed by atoms with Gasteiger partial charge in [-0.3, -0.25) is 19.3 Å². The number of amides is 3. The topological polar surface area (TPSA) is 90.7 Å². The van der Waals surface area contributed by atoms with Crippen LogP contribution in [0.5, 0.6) is 5.75 Å². The zero-order valence-electron chi connectivity index (χ0n) is 19.3. The van der Waals surface area contributed by atoms with Crippen LogP contribution in [0.15, 0.2) is 41.3 Å². The van der Waals surface area contributed by atoms with E-state index in [4.69, 9.17) is 4.74 Å². The lowest BCUT2D eigenvalue weighted by Gasteiger charge is -2.22. The Balaban J connectivity index is 1.45. The third-order valence-corrected chi connectivity index (χ3v) is 8.46. The summed E-state index contributed by atoms with van der Waals surface area (Å²) in [6, 6.07) is 13.2. The number of nitrogens with zero attached hydrogens (tertiary/aromatic N) is 3. The van der Waals surface area contributed by atoms with E-state index in [0.717, 1.165) is 60.6 Å². The van der Waals surface area contributed by atoms with Crippen LogP contribution in [-0.4, -0.2) is 46.5 Å². The highest BCUT2D eigenvalue weighted by atomic mass is 127. The summed E-state index contributed by atoms with van der Waals surface area (Å²) >= 11 is 5.20. The van der Waals surface area contributed by atoms with Crippen LogP contribution in [0.25, 0.3) is 6.08 Å². The Morgan fingerprint density at radius 3 is 2.42 bits per heavy atom. The molecule has 2 saturated heterocycles. The van der Waals surface area contributed by atoms with E-state index in [-0.39, 0.29) is 19.1 Å². The van der Waals surface area contributed by atoms with Crippen molar-refractivity contribution in [1.29, 1.82) is 5.26 Å². The van der Waals surface area contributed by atoms with E-state index in [1.165, 1.54) is 0 Å². The number of hydrogen-bond acceptors (Lipinski definition) is 6. The molecule has 3 amide bonds. The number of hydrogen-bond donors (Lipinski definition) is 0. The van der Waals surface area contributed by atoms with Gasteiger partial charge in [-0.05, 0) is 99.6 Å². The van der Waals surface area contributed by atoms with Crippen LogP contribution < -0.4 is 4.74 Å². The Morgan fingerprint density at radius 1 is 1.08 bits per heavy atom. The van der Waals surface area contributed by atoms with E-state index in [0.29, 0.717) is 29.3 Å². The van der Waals surface area contributed by atoms with Gasteiger partial charge in [-0.1, -0.05) is 31.0 Å². The van der Waals surface area contributed by atoms with E-state index in [1.54, 1.807) is 17.0 Å². The fourth-order valence-electron chi connectivity index (χ4n) is 4.05. The minimum atomic E-state index is -0.438. The van der Waals surface area contributed by atoms with Crippen molar-refractivity contribution < 1.29 is 19.1 Å². The van der Waals surface area contributed by atoms with Gasteiger partial charge in [0.15, 0.2) is 0 Å². The second kappa shape index (κ2) is 12.4. The molecule has 0 unspecified atom stereocenters. The molecule has 2 heterocycles. The molecule has 7 nitrogen and oxygen atoms in total. The Morgan fingerprint density at radius 2 is 1.75 bits per heavy atom. The maximum atomic E-state index is 13.0. The van der Waals surface area contributed by atoms with Crippen molar-refractivity contribution in [2.75, 3.05) is 19.6 Å². The molecule has 2 aliphatic heterocycles. The summed E-state index contributed by atoms with van der Waals surface area (Å²) in [4.78, 5) is 41.3. The molecule has 0 spiro atoms. The van der Waals surface area contributed by atoms with Gasteiger partial charge in [0.05, 0.1) is 23.7 Å². The molecule has 10 heteroatoms. The van der Waals surface area contributed by atoms with Crippen molar-refractivity contribution in [3.05, 3.63) is 65.1 Å². The van der Waals surface area contributed by atoms with E-state index in [2.05, 4.69) is 51.3 Å². The summed E-state index contributed by atoms with van der Waals surface area (Å²) in [5.74, 6) is 0.0767. The van der Waals surface area contributed by atoms with Gasteiger partial charge >= 0.3 is 0 Å². The molecule has 0 aliphatic carbocycles. The number of ether oxygens (including phenoxy) is 1. The second-order valence-corrected chi connectivity index (χ2v) is 11.8. The van der Waals surface area contributed by atoms with Gasteiger partial charge in [-0.25, -0.2) is 0 Å². The third-order valence-electron chi connectivity index (χ3n) is 5.95. The van der Waals surface area contributed by atoms with Crippen molar-refractivity contribution in [3.63, 3.8) is 0 Å². The monoisotopic (exact) mass is 727 g/mol. The first-order valence-corrected chi connectivity index (χ1v) is 14.5. The maximum Gasteiger partial charge on any atom is 0.294 e. The predicted molar refractivity (Wildman–Crippen MR) is 155 cm³/mol. The molecule has 4 rings (SSSR count). The molecule has 0 bridgehead atoms. The molecule has 0 N–H and O–H groups in total. The number of halogens is 2. The summed E-state index contributed by atoms with van der Waals surface area (Å²) < 4.78 is 7.71. The van der Waals surface area contributed by atoms with Crippen molar-refractivity contribution in [1.82, 2.24) is 9.80 Å². The third kappa shape index (κ3) is 6.41. The minimum absolute atomic E-state index is 0.177. The Labute approximate surface area is 241 Å². The quantitative estimate of drug-likeness (QED) is 0.277. The zero-order chi connectivity index (χ0) is 25.7. The van der Waals surface area contributed by atoms with E-state index >= 15 is 0 Å². The van der Waals surface area contributed by atoms with Gasteiger partial charge in [-0.2, -0.15) is 5.26 Å². The Hall–Kier alpha value is -2.11. The number of carbonyl (C=O) groups is 3. The highest BCUT2D eigenvalue weighted by Gasteiger charge is 2.37. The lowest BCUT2D eigenvalue weighted by Crippen LogP contribution is -2.42. The molecule has 0 atom stereocenters.